The molecule has 100 valence electrons. The minimum absolute atomic E-state index is 0.207. The Hall–Kier alpha value is -2.40. The van der Waals surface area contributed by atoms with Gasteiger partial charge in [-0.1, -0.05) is 29.8 Å². The number of pyridine rings is 1. The zero-order chi connectivity index (χ0) is 14.3. The third kappa shape index (κ3) is 1.92. The fraction of sp³-hybridized carbons (Fsp3) is 0.0714. The maximum Gasteiger partial charge on any atom is 0.249 e. The first-order valence-electron chi connectivity index (χ1n) is 5.98. The van der Waals surface area contributed by atoms with Crippen LogP contribution in [0.25, 0.3) is 16.7 Å². The lowest BCUT2D eigenvalue weighted by Gasteiger charge is -2.10. The zero-order valence-corrected chi connectivity index (χ0v) is 11.4. The van der Waals surface area contributed by atoms with Gasteiger partial charge in [-0.15, -0.1) is 0 Å². The van der Waals surface area contributed by atoms with Crippen molar-refractivity contribution in [2.75, 3.05) is 0 Å². The van der Waals surface area contributed by atoms with Gasteiger partial charge in [0, 0.05) is 16.5 Å². The van der Waals surface area contributed by atoms with Gasteiger partial charge in [0.25, 0.3) is 0 Å². The van der Waals surface area contributed by atoms with E-state index >= 15 is 0 Å². The van der Waals surface area contributed by atoms with Crippen LogP contribution in [-0.2, 0) is 0 Å². The van der Waals surface area contributed by atoms with Crippen LogP contribution in [0.4, 0.5) is 0 Å². The Labute approximate surface area is 120 Å². The predicted octanol–water partition coefficient (Wildman–Crippen LogP) is 2.48. The number of para-hydroxylation sites is 1. The molecule has 2 N–H and O–H groups in total. The van der Waals surface area contributed by atoms with Crippen molar-refractivity contribution in [2.45, 2.75) is 6.92 Å². The molecule has 0 radical (unpaired) electrons. The third-order valence-corrected chi connectivity index (χ3v) is 3.35. The molecule has 0 spiro atoms. The summed E-state index contributed by atoms with van der Waals surface area (Å²) in [5, 5.41) is 5.50. The van der Waals surface area contributed by atoms with Crippen LogP contribution in [-0.4, -0.2) is 20.7 Å². The summed E-state index contributed by atoms with van der Waals surface area (Å²) in [6.45, 7) is 1.77. The monoisotopic (exact) mass is 286 g/mol. The molecular weight excluding hydrogens is 276 g/mol. The number of primary amides is 1. The number of halogens is 1. The van der Waals surface area contributed by atoms with E-state index in [2.05, 4.69) is 10.1 Å². The van der Waals surface area contributed by atoms with Gasteiger partial charge >= 0.3 is 0 Å². The summed E-state index contributed by atoms with van der Waals surface area (Å²) >= 11 is 5.97. The number of fused-ring (bicyclic) bond motifs is 1. The van der Waals surface area contributed by atoms with Crippen molar-refractivity contribution in [1.29, 1.82) is 0 Å². The second kappa shape index (κ2) is 4.61. The van der Waals surface area contributed by atoms with Crippen molar-refractivity contribution in [3.05, 3.63) is 52.8 Å². The first-order valence-corrected chi connectivity index (χ1v) is 6.36. The van der Waals surface area contributed by atoms with Gasteiger partial charge in [0.2, 0.25) is 5.91 Å². The van der Waals surface area contributed by atoms with E-state index in [4.69, 9.17) is 17.3 Å². The minimum atomic E-state index is -0.537. The number of carbonyl (C=O) groups is 1. The molecule has 0 fully saturated rings. The average molecular weight is 287 g/mol. The maximum atomic E-state index is 11.5. The Bertz CT molecular complexity index is 825. The Kier molecular flexibility index (Phi) is 2.91. The molecule has 3 aromatic rings. The molecule has 0 aliphatic heterocycles. The smallest absolute Gasteiger partial charge is 0.249 e. The number of aromatic nitrogens is 3. The summed E-state index contributed by atoms with van der Waals surface area (Å²) in [6, 6.07) is 9.19. The van der Waals surface area contributed by atoms with Crippen LogP contribution in [0.3, 0.4) is 0 Å². The van der Waals surface area contributed by atoms with Gasteiger partial charge in [-0.25, -0.2) is 9.67 Å². The molecule has 1 amide bonds. The number of rotatable bonds is 2. The summed E-state index contributed by atoms with van der Waals surface area (Å²) < 4.78 is 1.66. The molecule has 6 heteroatoms. The first-order chi connectivity index (χ1) is 9.58. The molecule has 0 unspecified atom stereocenters. The van der Waals surface area contributed by atoms with Crippen LogP contribution in [0, 0.1) is 6.92 Å². The van der Waals surface area contributed by atoms with Crippen molar-refractivity contribution >= 4 is 28.4 Å². The maximum absolute atomic E-state index is 11.5. The third-order valence-electron chi connectivity index (χ3n) is 3.16. The van der Waals surface area contributed by atoms with Crippen molar-refractivity contribution in [2.24, 2.45) is 5.73 Å². The largest absolute Gasteiger partial charge is 0.366 e. The molecule has 3 rings (SSSR count). The van der Waals surface area contributed by atoms with E-state index in [1.165, 1.54) is 6.07 Å². The van der Waals surface area contributed by atoms with Crippen molar-refractivity contribution in [3.8, 4) is 5.82 Å². The van der Waals surface area contributed by atoms with E-state index < -0.39 is 5.91 Å². The van der Waals surface area contributed by atoms with Crippen LogP contribution in [0.1, 0.15) is 15.9 Å². The molecule has 0 atom stereocenters. The molecule has 2 aromatic heterocycles. The Balaban J connectivity index is 2.32. The number of nitrogens with two attached hydrogens (primary N) is 1. The lowest BCUT2D eigenvalue weighted by atomic mass is 10.1. The highest BCUT2D eigenvalue weighted by molar-refractivity contribution is 6.29. The highest BCUT2D eigenvalue weighted by Gasteiger charge is 2.15. The molecule has 2 heterocycles. The fourth-order valence-electron chi connectivity index (χ4n) is 2.17. The van der Waals surface area contributed by atoms with E-state index in [1.54, 1.807) is 17.8 Å². The number of hydrogen-bond acceptors (Lipinski definition) is 3. The molecule has 20 heavy (non-hydrogen) atoms. The first kappa shape index (κ1) is 12.6. The number of hydrogen-bond donors (Lipinski definition) is 1. The Morgan fingerprint density at radius 2 is 2.10 bits per heavy atom. The summed E-state index contributed by atoms with van der Waals surface area (Å²) in [5.41, 5.74) is 7.25. The van der Waals surface area contributed by atoms with E-state index in [0.717, 1.165) is 10.9 Å². The summed E-state index contributed by atoms with van der Waals surface area (Å²) in [6.07, 6.45) is 1.74. The van der Waals surface area contributed by atoms with Crippen LogP contribution in [0.5, 0.6) is 0 Å². The van der Waals surface area contributed by atoms with Gasteiger partial charge in [-0.3, -0.25) is 4.79 Å². The minimum Gasteiger partial charge on any atom is -0.366 e. The van der Waals surface area contributed by atoms with Gasteiger partial charge in [-0.2, -0.15) is 5.10 Å². The summed E-state index contributed by atoms with van der Waals surface area (Å²) in [7, 11) is 0. The molecule has 5 nitrogen and oxygen atoms in total. The van der Waals surface area contributed by atoms with Crippen LogP contribution < -0.4 is 5.73 Å². The van der Waals surface area contributed by atoms with Gasteiger partial charge in [-0.05, 0) is 19.1 Å². The molecule has 0 saturated carbocycles. The van der Waals surface area contributed by atoms with Crippen LogP contribution in [0.15, 0.2) is 36.5 Å². The average Bonchev–Trinajstić information content (AvgIpc) is 2.84. The highest BCUT2D eigenvalue weighted by atomic mass is 35.5. The SMILES string of the molecule is Cc1c(C(N)=O)cc(Cl)nc1-n1ncc2ccccc21. The number of amides is 1. The van der Waals surface area contributed by atoms with E-state index in [-0.39, 0.29) is 5.15 Å². The van der Waals surface area contributed by atoms with E-state index in [9.17, 15) is 4.79 Å². The lowest BCUT2D eigenvalue weighted by molar-refractivity contribution is 0.0999. The van der Waals surface area contributed by atoms with Gasteiger partial charge in [0.05, 0.1) is 11.7 Å². The van der Waals surface area contributed by atoms with E-state index in [1.807, 2.05) is 24.3 Å². The lowest BCUT2D eigenvalue weighted by Crippen LogP contribution is -2.15. The zero-order valence-electron chi connectivity index (χ0n) is 10.7. The molecular formula is C14H11ClN4O. The van der Waals surface area contributed by atoms with Crippen molar-refractivity contribution in [1.82, 2.24) is 14.8 Å². The van der Waals surface area contributed by atoms with E-state index in [0.29, 0.717) is 16.9 Å². The molecule has 0 bridgehead atoms. The van der Waals surface area contributed by atoms with Crippen LogP contribution >= 0.6 is 11.6 Å². The van der Waals surface area contributed by atoms with Crippen molar-refractivity contribution < 1.29 is 4.79 Å². The van der Waals surface area contributed by atoms with Crippen LogP contribution in [0.2, 0.25) is 5.15 Å². The highest BCUT2D eigenvalue weighted by Crippen LogP contribution is 2.23. The molecule has 0 aliphatic rings. The second-order valence-corrected chi connectivity index (χ2v) is 4.81. The summed E-state index contributed by atoms with van der Waals surface area (Å²) in [5.74, 6) is -0.0305. The van der Waals surface area contributed by atoms with Gasteiger partial charge in [0.1, 0.15) is 5.15 Å². The number of nitrogens with zero attached hydrogens (tertiary/aromatic N) is 3. The molecule has 0 saturated heterocycles. The Morgan fingerprint density at radius 1 is 1.35 bits per heavy atom. The standard InChI is InChI=1S/C14H11ClN4O/c1-8-10(13(16)20)6-12(15)18-14(8)19-11-5-3-2-4-9(11)7-17-19/h2-7H,1H3,(H2,16,20). The van der Waals surface area contributed by atoms with Gasteiger partial charge in [0.15, 0.2) is 5.82 Å². The molecule has 0 aliphatic carbocycles. The summed E-state index contributed by atoms with van der Waals surface area (Å²) in [4.78, 5) is 15.7. The normalized spacial score (nSPS) is 10.9. The van der Waals surface area contributed by atoms with Gasteiger partial charge < -0.3 is 5.73 Å². The van der Waals surface area contributed by atoms with Crippen molar-refractivity contribution in [3.63, 3.8) is 0 Å². The molecule has 1 aromatic carbocycles. The fourth-order valence-corrected chi connectivity index (χ4v) is 2.36. The predicted molar refractivity (Wildman–Crippen MR) is 77.1 cm³/mol. The Morgan fingerprint density at radius 3 is 2.85 bits per heavy atom. The number of carbonyl (C=O) groups excluding carboxylic acids is 1. The quantitative estimate of drug-likeness (QED) is 0.736. The second-order valence-electron chi connectivity index (χ2n) is 4.42. The number of benzene rings is 1. The topological polar surface area (TPSA) is 73.8 Å².